The van der Waals surface area contributed by atoms with Gasteiger partial charge in [0.15, 0.2) is 11.4 Å². The summed E-state index contributed by atoms with van der Waals surface area (Å²) in [5, 5.41) is 4.40. The summed E-state index contributed by atoms with van der Waals surface area (Å²) < 4.78 is 6.96. The van der Waals surface area contributed by atoms with Gasteiger partial charge in [-0.25, -0.2) is 4.98 Å². The van der Waals surface area contributed by atoms with Crippen molar-refractivity contribution in [3.63, 3.8) is 0 Å². The first kappa shape index (κ1) is 13.5. The Kier molecular flexibility index (Phi) is 3.08. The van der Waals surface area contributed by atoms with Gasteiger partial charge in [-0.3, -0.25) is 4.98 Å². The third-order valence-corrected chi connectivity index (χ3v) is 3.72. The van der Waals surface area contributed by atoms with Crippen molar-refractivity contribution in [3.8, 4) is 22.7 Å². The Bertz CT molecular complexity index is 972. The van der Waals surface area contributed by atoms with Crippen molar-refractivity contribution in [2.45, 2.75) is 13.3 Å². The van der Waals surface area contributed by atoms with E-state index in [1.165, 1.54) is 0 Å². The monoisotopic (exact) mass is 305 g/mol. The van der Waals surface area contributed by atoms with Crippen LogP contribution in [-0.2, 0) is 6.42 Å². The Balaban J connectivity index is 1.86. The number of pyridine rings is 2. The lowest BCUT2D eigenvalue weighted by Crippen LogP contribution is -1.99. The van der Waals surface area contributed by atoms with Gasteiger partial charge in [0.2, 0.25) is 5.82 Å². The van der Waals surface area contributed by atoms with Gasteiger partial charge in [0, 0.05) is 11.9 Å². The van der Waals surface area contributed by atoms with Crippen molar-refractivity contribution in [1.29, 1.82) is 0 Å². The number of hydrogen-bond donors (Lipinski definition) is 1. The number of hydrogen-bond acceptors (Lipinski definition) is 5. The molecule has 4 aromatic rings. The average molecular weight is 305 g/mol. The fourth-order valence-corrected chi connectivity index (χ4v) is 2.54. The predicted octanol–water partition coefficient (Wildman–Crippen LogP) is 3.20. The minimum absolute atomic E-state index is 0.517. The maximum absolute atomic E-state index is 6.15. The Morgan fingerprint density at radius 2 is 2.09 bits per heavy atom. The van der Waals surface area contributed by atoms with E-state index in [0.29, 0.717) is 23.0 Å². The Morgan fingerprint density at radius 1 is 1.17 bits per heavy atom. The third-order valence-electron chi connectivity index (χ3n) is 3.72. The molecule has 4 heterocycles. The zero-order chi connectivity index (χ0) is 15.8. The summed E-state index contributed by atoms with van der Waals surface area (Å²) in [6.45, 7) is 2.08. The number of furan rings is 1. The Morgan fingerprint density at radius 3 is 2.87 bits per heavy atom. The van der Waals surface area contributed by atoms with E-state index < -0.39 is 0 Å². The highest BCUT2D eigenvalue weighted by molar-refractivity contribution is 5.71. The largest absolute Gasteiger partial charge is 0.461 e. The van der Waals surface area contributed by atoms with Gasteiger partial charge >= 0.3 is 0 Å². The molecule has 114 valence electrons. The van der Waals surface area contributed by atoms with Gasteiger partial charge in [0.05, 0.1) is 6.26 Å². The molecule has 0 aliphatic rings. The predicted molar refractivity (Wildman–Crippen MR) is 87.7 cm³/mol. The van der Waals surface area contributed by atoms with Gasteiger partial charge in [-0.2, -0.15) is 4.52 Å². The van der Waals surface area contributed by atoms with Crippen LogP contribution < -0.4 is 5.73 Å². The van der Waals surface area contributed by atoms with Gasteiger partial charge < -0.3 is 10.2 Å². The minimum Gasteiger partial charge on any atom is -0.461 e. The lowest BCUT2D eigenvalue weighted by atomic mass is 10.1. The molecule has 0 spiro atoms. The van der Waals surface area contributed by atoms with Crippen molar-refractivity contribution in [3.05, 3.63) is 54.6 Å². The van der Waals surface area contributed by atoms with E-state index in [-0.39, 0.29) is 0 Å². The molecule has 23 heavy (non-hydrogen) atoms. The number of nitrogens with zero attached hydrogens (tertiary/aromatic N) is 4. The van der Waals surface area contributed by atoms with Crippen LogP contribution in [-0.4, -0.2) is 19.6 Å². The first-order valence-electron chi connectivity index (χ1n) is 7.40. The molecule has 6 nitrogen and oxygen atoms in total. The standard InChI is InChI=1S/C17H15N5O/c1-2-13-8-11(5-6-19-13)12-9-15(18)22-16(10-12)20-17(21-22)14-4-3-7-23-14/h3-10H,2,18H2,1H3. The van der Waals surface area contributed by atoms with E-state index in [2.05, 4.69) is 28.1 Å². The maximum atomic E-state index is 6.15. The summed E-state index contributed by atoms with van der Waals surface area (Å²) in [6.07, 6.45) is 4.30. The highest BCUT2D eigenvalue weighted by atomic mass is 16.3. The molecule has 0 saturated heterocycles. The fourth-order valence-electron chi connectivity index (χ4n) is 2.54. The van der Waals surface area contributed by atoms with Crippen molar-refractivity contribution in [1.82, 2.24) is 19.6 Å². The molecule has 0 aliphatic carbocycles. The smallest absolute Gasteiger partial charge is 0.217 e. The molecule has 2 N–H and O–H groups in total. The van der Waals surface area contributed by atoms with E-state index in [9.17, 15) is 0 Å². The lowest BCUT2D eigenvalue weighted by molar-refractivity contribution is 0.577. The normalized spacial score (nSPS) is 11.2. The topological polar surface area (TPSA) is 82.2 Å². The van der Waals surface area contributed by atoms with Crippen LogP contribution in [0.25, 0.3) is 28.4 Å². The van der Waals surface area contributed by atoms with E-state index in [1.54, 1.807) is 16.8 Å². The number of fused-ring (bicyclic) bond motifs is 1. The van der Waals surface area contributed by atoms with Crippen LogP contribution in [0, 0.1) is 0 Å². The quantitative estimate of drug-likeness (QED) is 0.628. The van der Waals surface area contributed by atoms with Crippen LogP contribution in [0.15, 0.2) is 53.3 Å². The highest BCUT2D eigenvalue weighted by Crippen LogP contribution is 2.25. The highest BCUT2D eigenvalue weighted by Gasteiger charge is 2.12. The maximum Gasteiger partial charge on any atom is 0.217 e. The van der Waals surface area contributed by atoms with Crippen molar-refractivity contribution in [2.75, 3.05) is 5.73 Å². The molecule has 0 aromatic carbocycles. The second-order valence-electron chi connectivity index (χ2n) is 5.24. The van der Waals surface area contributed by atoms with Crippen molar-refractivity contribution in [2.24, 2.45) is 0 Å². The molecule has 0 radical (unpaired) electrons. The van der Waals surface area contributed by atoms with E-state index in [1.807, 2.05) is 30.5 Å². The SMILES string of the molecule is CCc1cc(-c2cc(N)n3nc(-c4ccco4)nc3c2)ccn1. The van der Waals surface area contributed by atoms with Gasteiger partial charge in [-0.05, 0) is 53.9 Å². The van der Waals surface area contributed by atoms with Crippen LogP contribution in [0.4, 0.5) is 5.82 Å². The van der Waals surface area contributed by atoms with Crippen LogP contribution in [0.3, 0.4) is 0 Å². The molecular formula is C17H15N5O. The summed E-state index contributed by atoms with van der Waals surface area (Å²) in [5.41, 5.74) is 9.92. The molecule has 0 aliphatic heterocycles. The molecule has 0 atom stereocenters. The van der Waals surface area contributed by atoms with Crippen LogP contribution in [0.5, 0.6) is 0 Å². The minimum atomic E-state index is 0.517. The molecule has 0 amide bonds. The zero-order valence-electron chi connectivity index (χ0n) is 12.6. The number of anilines is 1. The summed E-state index contributed by atoms with van der Waals surface area (Å²) in [4.78, 5) is 8.84. The van der Waals surface area contributed by atoms with Crippen molar-refractivity contribution < 1.29 is 4.42 Å². The number of nitrogen functional groups attached to an aromatic ring is 1. The molecule has 4 aromatic heterocycles. The third kappa shape index (κ3) is 2.34. The zero-order valence-corrected chi connectivity index (χ0v) is 12.6. The molecule has 4 rings (SSSR count). The summed E-state index contributed by atoms with van der Waals surface area (Å²) >= 11 is 0. The van der Waals surface area contributed by atoms with E-state index in [0.717, 1.165) is 23.2 Å². The average Bonchev–Trinajstić information content (AvgIpc) is 3.24. The van der Waals surface area contributed by atoms with Crippen LogP contribution >= 0.6 is 0 Å². The lowest BCUT2D eigenvalue weighted by Gasteiger charge is -2.06. The van der Waals surface area contributed by atoms with Gasteiger partial charge in [-0.15, -0.1) is 5.10 Å². The van der Waals surface area contributed by atoms with Crippen LogP contribution in [0.2, 0.25) is 0 Å². The first-order chi connectivity index (χ1) is 11.2. The number of nitrogens with two attached hydrogens (primary N) is 1. The number of rotatable bonds is 3. The van der Waals surface area contributed by atoms with Gasteiger partial charge in [0.25, 0.3) is 0 Å². The second-order valence-corrected chi connectivity index (χ2v) is 5.24. The van der Waals surface area contributed by atoms with Gasteiger partial charge in [0.1, 0.15) is 5.82 Å². The fraction of sp³-hybridized carbons (Fsp3) is 0.118. The van der Waals surface area contributed by atoms with E-state index >= 15 is 0 Å². The number of aromatic nitrogens is 4. The van der Waals surface area contributed by atoms with Gasteiger partial charge in [-0.1, -0.05) is 6.92 Å². The van der Waals surface area contributed by atoms with E-state index in [4.69, 9.17) is 10.2 Å². The Hall–Kier alpha value is -3.15. The molecule has 0 fully saturated rings. The molecule has 6 heteroatoms. The molecular weight excluding hydrogens is 290 g/mol. The molecule has 0 saturated carbocycles. The molecule has 0 unspecified atom stereocenters. The Labute approximate surface area is 132 Å². The summed E-state index contributed by atoms with van der Waals surface area (Å²) in [5.74, 6) is 1.66. The van der Waals surface area contributed by atoms with Crippen molar-refractivity contribution >= 4 is 11.5 Å². The summed E-state index contributed by atoms with van der Waals surface area (Å²) in [6, 6.07) is 11.5. The van der Waals surface area contributed by atoms with Crippen LogP contribution in [0.1, 0.15) is 12.6 Å². The first-order valence-corrected chi connectivity index (χ1v) is 7.40. The second kappa shape index (κ2) is 5.24. The molecule has 0 bridgehead atoms. The number of aryl methyl sites for hydroxylation is 1. The summed E-state index contributed by atoms with van der Waals surface area (Å²) in [7, 11) is 0.